The zero-order chi connectivity index (χ0) is 19.4. The van der Waals surface area contributed by atoms with E-state index >= 15 is 0 Å². The molecule has 3 rings (SSSR count). The molecular weight excluding hydrogens is 375 g/mol. The summed E-state index contributed by atoms with van der Waals surface area (Å²) in [7, 11) is 1.44. The van der Waals surface area contributed by atoms with E-state index in [2.05, 4.69) is 10.6 Å². The van der Waals surface area contributed by atoms with Crippen molar-refractivity contribution in [1.82, 2.24) is 0 Å². The van der Waals surface area contributed by atoms with Crippen molar-refractivity contribution in [2.24, 2.45) is 0 Å². The number of benzene rings is 2. The molecule has 0 aromatic heterocycles. The Morgan fingerprint density at radius 1 is 1.22 bits per heavy atom. The number of hydrogen-bond acceptors (Lipinski definition) is 4. The number of methoxy groups -OCH3 is 1. The van der Waals surface area contributed by atoms with Gasteiger partial charge in [-0.2, -0.15) is 0 Å². The zero-order valence-corrected chi connectivity index (χ0v) is 15.3. The fourth-order valence-electron chi connectivity index (χ4n) is 2.75. The molecule has 142 valence electrons. The topological polar surface area (TPSA) is 76.7 Å². The molecule has 27 heavy (non-hydrogen) atoms. The first kappa shape index (κ1) is 19.1. The number of carbonyl (C=O) groups excluding carboxylic acids is 2. The highest BCUT2D eigenvalue weighted by atomic mass is 35.5. The lowest BCUT2D eigenvalue weighted by Gasteiger charge is -2.14. The van der Waals surface area contributed by atoms with Gasteiger partial charge in [0.15, 0.2) is 0 Å². The van der Waals surface area contributed by atoms with Crippen LogP contribution in [0.2, 0.25) is 5.02 Å². The number of rotatable bonds is 5. The summed E-state index contributed by atoms with van der Waals surface area (Å²) in [6, 6.07) is 8.56. The van der Waals surface area contributed by atoms with Gasteiger partial charge in [-0.05, 0) is 49.2 Å². The maximum Gasteiger partial charge on any atom is 0.258 e. The Bertz CT molecular complexity index is 869. The van der Waals surface area contributed by atoms with Gasteiger partial charge in [0, 0.05) is 17.3 Å². The lowest BCUT2D eigenvalue weighted by Crippen LogP contribution is -2.26. The summed E-state index contributed by atoms with van der Waals surface area (Å²) in [5, 5.41) is 5.53. The summed E-state index contributed by atoms with van der Waals surface area (Å²) in [5.74, 6) is -1.28. The first-order valence-corrected chi connectivity index (χ1v) is 8.72. The van der Waals surface area contributed by atoms with Crippen molar-refractivity contribution in [3.63, 3.8) is 0 Å². The molecule has 2 aromatic rings. The van der Waals surface area contributed by atoms with E-state index < -0.39 is 17.8 Å². The molecule has 0 spiro atoms. The van der Waals surface area contributed by atoms with Crippen LogP contribution in [0.3, 0.4) is 0 Å². The summed E-state index contributed by atoms with van der Waals surface area (Å²) in [4.78, 5) is 24.6. The van der Waals surface area contributed by atoms with Crippen molar-refractivity contribution >= 4 is 34.8 Å². The van der Waals surface area contributed by atoms with Crippen LogP contribution in [0.15, 0.2) is 36.4 Å². The Morgan fingerprint density at radius 3 is 2.70 bits per heavy atom. The van der Waals surface area contributed by atoms with E-state index in [0.29, 0.717) is 30.2 Å². The molecule has 1 fully saturated rings. The van der Waals surface area contributed by atoms with E-state index in [9.17, 15) is 14.0 Å². The van der Waals surface area contributed by atoms with E-state index in [-0.39, 0.29) is 16.5 Å². The molecule has 1 saturated heterocycles. The smallest absolute Gasteiger partial charge is 0.258 e. The van der Waals surface area contributed by atoms with Gasteiger partial charge in [-0.25, -0.2) is 4.39 Å². The van der Waals surface area contributed by atoms with Crippen molar-refractivity contribution in [3.8, 4) is 5.75 Å². The van der Waals surface area contributed by atoms with E-state index in [1.165, 1.54) is 25.3 Å². The quantitative estimate of drug-likeness (QED) is 0.810. The fourth-order valence-corrected chi connectivity index (χ4v) is 2.91. The number of ether oxygens (including phenoxy) is 2. The number of hydrogen-bond donors (Lipinski definition) is 2. The van der Waals surface area contributed by atoms with Gasteiger partial charge in [0.2, 0.25) is 0 Å². The third-order valence-electron chi connectivity index (χ3n) is 4.11. The molecule has 6 nitrogen and oxygen atoms in total. The molecule has 1 atom stereocenters. The Hall–Kier alpha value is -2.64. The number of halogens is 2. The molecule has 1 unspecified atom stereocenters. The second-order valence-electron chi connectivity index (χ2n) is 5.98. The van der Waals surface area contributed by atoms with E-state index in [0.717, 1.165) is 12.5 Å². The number of amides is 2. The van der Waals surface area contributed by atoms with Crippen LogP contribution < -0.4 is 15.4 Å². The minimum Gasteiger partial charge on any atom is -0.495 e. The lowest BCUT2D eigenvalue weighted by molar-refractivity contribution is -0.124. The van der Waals surface area contributed by atoms with Gasteiger partial charge < -0.3 is 20.1 Å². The van der Waals surface area contributed by atoms with E-state index in [1.807, 2.05) is 0 Å². The maximum atomic E-state index is 14.0. The van der Waals surface area contributed by atoms with Crippen molar-refractivity contribution in [2.75, 3.05) is 24.4 Å². The maximum absolute atomic E-state index is 14.0. The number of anilines is 2. The summed E-state index contributed by atoms with van der Waals surface area (Å²) < 4.78 is 24.5. The zero-order valence-electron chi connectivity index (χ0n) is 14.6. The Labute approximate surface area is 160 Å². The van der Waals surface area contributed by atoms with Crippen LogP contribution in [-0.4, -0.2) is 31.6 Å². The Morgan fingerprint density at radius 2 is 2.04 bits per heavy atom. The van der Waals surface area contributed by atoms with Crippen LogP contribution in [0, 0.1) is 5.82 Å². The normalized spacial score (nSPS) is 16.0. The van der Waals surface area contributed by atoms with E-state index in [4.69, 9.17) is 21.1 Å². The molecule has 0 saturated carbocycles. The van der Waals surface area contributed by atoms with Gasteiger partial charge in [0.05, 0.1) is 18.4 Å². The first-order valence-electron chi connectivity index (χ1n) is 8.35. The highest BCUT2D eigenvalue weighted by Crippen LogP contribution is 2.29. The molecule has 2 aromatic carbocycles. The monoisotopic (exact) mass is 392 g/mol. The molecule has 1 aliphatic rings. The molecule has 1 heterocycles. The summed E-state index contributed by atoms with van der Waals surface area (Å²) >= 11 is 5.71. The van der Waals surface area contributed by atoms with Crippen molar-refractivity contribution in [3.05, 3.63) is 52.8 Å². The van der Waals surface area contributed by atoms with Crippen LogP contribution in [0.25, 0.3) is 0 Å². The third kappa shape index (κ3) is 4.56. The van der Waals surface area contributed by atoms with Crippen molar-refractivity contribution in [2.45, 2.75) is 18.9 Å². The van der Waals surface area contributed by atoms with Crippen LogP contribution in [0.1, 0.15) is 23.2 Å². The Balaban J connectivity index is 1.78. The predicted molar refractivity (Wildman–Crippen MR) is 100.0 cm³/mol. The first-order chi connectivity index (χ1) is 13.0. The van der Waals surface area contributed by atoms with Gasteiger partial charge in [0.1, 0.15) is 17.7 Å². The minimum atomic E-state index is -0.734. The fraction of sp³-hybridized carbons (Fsp3) is 0.263. The molecule has 2 amide bonds. The molecule has 0 bridgehead atoms. The molecule has 1 aliphatic heterocycles. The van der Waals surface area contributed by atoms with Gasteiger partial charge in [-0.15, -0.1) is 0 Å². The standard InChI is InChI=1S/C19H18ClFN2O4/c1-26-16-7-5-12(22-19(25)17-3-2-8-27-17)10-15(16)23-18(24)13-6-4-11(20)9-14(13)21/h4-7,9-10,17H,2-3,8H2,1H3,(H,22,25)(H,23,24). The minimum absolute atomic E-state index is 0.157. The van der Waals surface area contributed by atoms with Crippen LogP contribution in [-0.2, 0) is 9.53 Å². The van der Waals surface area contributed by atoms with Gasteiger partial charge in [-0.1, -0.05) is 11.6 Å². The average Bonchev–Trinajstić information content (AvgIpc) is 3.16. The van der Waals surface area contributed by atoms with Gasteiger partial charge in [-0.3, -0.25) is 9.59 Å². The third-order valence-corrected chi connectivity index (χ3v) is 4.35. The second kappa shape index (κ2) is 8.37. The summed E-state index contributed by atoms with van der Waals surface area (Å²) in [5.41, 5.74) is 0.598. The average molecular weight is 393 g/mol. The highest BCUT2D eigenvalue weighted by molar-refractivity contribution is 6.30. The van der Waals surface area contributed by atoms with Gasteiger partial charge >= 0.3 is 0 Å². The van der Waals surface area contributed by atoms with Crippen LogP contribution in [0.5, 0.6) is 5.75 Å². The van der Waals surface area contributed by atoms with Crippen LogP contribution >= 0.6 is 11.6 Å². The molecule has 2 N–H and O–H groups in total. The van der Waals surface area contributed by atoms with E-state index in [1.54, 1.807) is 12.1 Å². The molecule has 0 radical (unpaired) electrons. The van der Waals surface area contributed by atoms with Crippen molar-refractivity contribution < 1.29 is 23.5 Å². The summed E-state index contributed by atoms with van der Waals surface area (Å²) in [6.45, 7) is 0.564. The molecule has 0 aliphatic carbocycles. The number of nitrogens with one attached hydrogen (secondary N) is 2. The van der Waals surface area contributed by atoms with Crippen molar-refractivity contribution in [1.29, 1.82) is 0 Å². The second-order valence-corrected chi connectivity index (χ2v) is 6.42. The summed E-state index contributed by atoms with van der Waals surface area (Å²) in [6.07, 6.45) is 1.03. The predicted octanol–water partition coefficient (Wildman–Crippen LogP) is 3.86. The lowest BCUT2D eigenvalue weighted by atomic mass is 10.1. The van der Waals surface area contributed by atoms with Gasteiger partial charge in [0.25, 0.3) is 11.8 Å². The largest absolute Gasteiger partial charge is 0.495 e. The molecule has 8 heteroatoms. The molecular formula is C19H18ClFN2O4. The SMILES string of the molecule is COc1ccc(NC(=O)C2CCCO2)cc1NC(=O)c1ccc(Cl)cc1F. The highest BCUT2D eigenvalue weighted by Gasteiger charge is 2.24. The number of carbonyl (C=O) groups is 2. The van der Waals surface area contributed by atoms with Crippen LogP contribution in [0.4, 0.5) is 15.8 Å². The Kier molecular flexibility index (Phi) is 5.93.